The Bertz CT molecular complexity index is 794. The van der Waals surface area contributed by atoms with Crippen LogP contribution in [0.2, 0.25) is 0 Å². The third-order valence-corrected chi connectivity index (χ3v) is 6.26. The number of hydrogen-bond donors (Lipinski definition) is 1. The van der Waals surface area contributed by atoms with Gasteiger partial charge in [-0.15, -0.1) is 0 Å². The zero-order chi connectivity index (χ0) is 18.2. The van der Waals surface area contributed by atoms with E-state index in [1.807, 2.05) is 6.07 Å². The minimum absolute atomic E-state index is 0.554. The van der Waals surface area contributed by atoms with E-state index in [4.69, 9.17) is 4.74 Å². The molecule has 27 heavy (non-hydrogen) atoms. The van der Waals surface area contributed by atoms with Crippen LogP contribution in [0.1, 0.15) is 49.1 Å². The van der Waals surface area contributed by atoms with E-state index in [2.05, 4.69) is 30.0 Å². The van der Waals surface area contributed by atoms with E-state index in [9.17, 15) is 0 Å². The zero-order valence-corrected chi connectivity index (χ0v) is 16.0. The van der Waals surface area contributed by atoms with Crippen LogP contribution in [0.5, 0.6) is 5.88 Å². The second kappa shape index (κ2) is 7.11. The summed E-state index contributed by atoms with van der Waals surface area (Å²) in [6.07, 6.45) is 10.2. The molecular formula is C20H28N6O. The molecule has 1 saturated heterocycles. The number of ether oxygens (including phenoxy) is 1. The number of aryl methyl sites for hydroxylation is 1. The molecule has 1 saturated carbocycles. The Kier molecular flexibility index (Phi) is 4.47. The smallest absolute Gasteiger partial charge is 0.218 e. The van der Waals surface area contributed by atoms with Gasteiger partial charge in [-0.25, -0.2) is 9.97 Å². The fraction of sp³-hybridized carbons (Fsp3) is 0.650. The minimum atomic E-state index is 0.554. The van der Waals surface area contributed by atoms with E-state index in [0.717, 1.165) is 25.5 Å². The fourth-order valence-corrected chi connectivity index (χ4v) is 4.69. The normalized spacial score (nSPS) is 20.6. The number of H-pyrrole nitrogens is 1. The van der Waals surface area contributed by atoms with E-state index < -0.39 is 0 Å². The Hall–Kier alpha value is -2.15. The maximum absolute atomic E-state index is 5.31. The number of fused-ring (bicyclic) bond motifs is 1. The van der Waals surface area contributed by atoms with Crippen molar-refractivity contribution >= 4 is 5.82 Å². The SMILES string of the molecule is COc1cc(N(C2CC2)C2CCN(Cc3n[nH]c4c3CCC4)CC2)ncn1. The van der Waals surface area contributed by atoms with Crippen LogP contribution in [0.15, 0.2) is 12.4 Å². The molecule has 0 spiro atoms. The molecule has 0 amide bonds. The van der Waals surface area contributed by atoms with Gasteiger partial charge in [-0.2, -0.15) is 5.10 Å². The highest BCUT2D eigenvalue weighted by molar-refractivity contribution is 5.45. The molecule has 5 rings (SSSR count). The fourth-order valence-electron chi connectivity index (χ4n) is 4.69. The van der Waals surface area contributed by atoms with Gasteiger partial charge in [0.2, 0.25) is 5.88 Å². The van der Waals surface area contributed by atoms with Crippen LogP contribution in [0, 0.1) is 0 Å². The summed E-state index contributed by atoms with van der Waals surface area (Å²) in [5.74, 6) is 1.67. The van der Waals surface area contributed by atoms with Crippen LogP contribution in [0.4, 0.5) is 5.82 Å². The molecule has 3 aliphatic rings. The van der Waals surface area contributed by atoms with Crippen LogP contribution in [-0.4, -0.2) is 57.3 Å². The number of rotatable bonds is 6. The summed E-state index contributed by atoms with van der Waals surface area (Å²) in [6.45, 7) is 3.23. The van der Waals surface area contributed by atoms with E-state index >= 15 is 0 Å². The summed E-state index contributed by atoms with van der Waals surface area (Å²) in [6, 6.07) is 3.17. The topological polar surface area (TPSA) is 70.2 Å². The van der Waals surface area contributed by atoms with Gasteiger partial charge >= 0.3 is 0 Å². The van der Waals surface area contributed by atoms with Gasteiger partial charge in [-0.05, 0) is 50.5 Å². The van der Waals surface area contributed by atoms with Gasteiger partial charge in [0.05, 0.1) is 12.8 Å². The average Bonchev–Trinajstić information content (AvgIpc) is 3.29. The third-order valence-electron chi connectivity index (χ3n) is 6.26. The monoisotopic (exact) mass is 368 g/mol. The Morgan fingerprint density at radius 3 is 2.74 bits per heavy atom. The maximum Gasteiger partial charge on any atom is 0.218 e. The Morgan fingerprint density at radius 2 is 1.96 bits per heavy atom. The molecule has 1 aliphatic heterocycles. The van der Waals surface area contributed by atoms with Crippen molar-refractivity contribution in [2.24, 2.45) is 0 Å². The van der Waals surface area contributed by atoms with E-state index in [0.29, 0.717) is 18.0 Å². The summed E-state index contributed by atoms with van der Waals surface area (Å²) in [4.78, 5) is 13.8. The summed E-state index contributed by atoms with van der Waals surface area (Å²) >= 11 is 0. The lowest BCUT2D eigenvalue weighted by molar-refractivity contribution is 0.198. The first-order valence-electron chi connectivity index (χ1n) is 10.2. The van der Waals surface area contributed by atoms with Gasteiger partial charge in [-0.1, -0.05) is 0 Å². The van der Waals surface area contributed by atoms with E-state index in [1.54, 1.807) is 13.4 Å². The molecule has 2 aromatic heterocycles. The summed E-state index contributed by atoms with van der Waals surface area (Å²) in [5, 5.41) is 7.83. The average molecular weight is 368 g/mol. The lowest BCUT2D eigenvalue weighted by Gasteiger charge is -2.39. The van der Waals surface area contributed by atoms with Crippen LogP contribution >= 0.6 is 0 Å². The second-order valence-electron chi connectivity index (χ2n) is 8.05. The van der Waals surface area contributed by atoms with Gasteiger partial charge in [0.1, 0.15) is 12.1 Å². The molecule has 7 nitrogen and oxygen atoms in total. The molecule has 0 aromatic carbocycles. The van der Waals surface area contributed by atoms with Gasteiger partial charge < -0.3 is 9.64 Å². The molecule has 0 atom stereocenters. The molecular weight excluding hydrogens is 340 g/mol. The number of piperidine rings is 1. The van der Waals surface area contributed by atoms with Crippen LogP contribution < -0.4 is 9.64 Å². The first kappa shape index (κ1) is 17.0. The number of methoxy groups -OCH3 is 1. The molecule has 0 unspecified atom stereocenters. The van der Waals surface area contributed by atoms with Crippen molar-refractivity contribution in [3.05, 3.63) is 29.3 Å². The van der Waals surface area contributed by atoms with Crippen LogP contribution in [0.25, 0.3) is 0 Å². The Morgan fingerprint density at radius 1 is 1.15 bits per heavy atom. The molecule has 144 valence electrons. The first-order valence-corrected chi connectivity index (χ1v) is 10.2. The van der Waals surface area contributed by atoms with Gasteiger partial charge in [0, 0.05) is 43.5 Å². The van der Waals surface area contributed by atoms with Crippen molar-refractivity contribution in [1.82, 2.24) is 25.1 Å². The maximum atomic E-state index is 5.31. The number of nitrogens with one attached hydrogen (secondary N) is 1. The third kappa shape index (κ3) is 3.40. The van der Waals surface area contributed by atoms with Crippen molar-refractivity contribution in [3.63, 3.8) is 0 Å². The summed E-state index contributed by atoms with van der Waals surface area (Å²) in [5.41, 5.74) is 4.14. The molecule has 0 bridgehead atoms. The van der Waals surface area contributed by atoms with Crippen molar-refractivity contribution in [2.75, 3.05) is 25.1 Å². The second-order valence-corrected chi connectivity index (χ2v) is 8.05. The highest BCUT2D eigenvalue weighted by Crippen LogP contribution is 2.36. The molecule has 2 aliphatic carbocycles. The number of nitrogens with zero attached hydrogens (tertiary/aromatic N) is 5. The molecule has 2 aromatic rings. The number of aromatic amines is 1. The number of likely N-dealkylation sites (tertiary alicyclic amines) is 1. The Balaban J connectivity index is 1.24. The lowest BCUT2D eigenvalue weighted by atomic mass is 10.0. The highest BCUT2D eigenvalue weighted by atomic mass is 16.5. The molecule has 0 radical (unpaired) electrons. The van der Waals surface area contributed by atoms with Crippen LogP contribution in [-0.2, 0) is 19.4 Å². The quantitative estimate of drug-likeness (QED) is 0.844. The van der Waals surface area contributed by atoms with Crippen molar-refractivity contribution < 1.29 is 4.74 Å². The largest absolute Gasteiger partial charge is 0.481 e. The number of hydrogen-bond acceptors (Lipinski definition) is 6. The van der Waals surface area contributed by atoms with Gasteiger partial charge in [0.15, 0.2) is 0 Å². The predicted octanol–water partition coefficient (Wildman–Crippen LogP) is 2.33. The summed E-state index contributed by atoms with van der Waals surface area (Å²) < 4.78 is 5.31. The highest BCUT2D eigenvalue weighted by Gasteiger charge is 2.37. The molecule has 3 heterocycles. The Labute approximate surface area is 160 Å². The van der Waals surface area contributed by atoms with Gasteiger partial charge in [-0.3, -0.25) is 10.00 Å². The van der Waals surface area contributed by atoms with Crippen molar-refractivity contribution in [1.29, 1.82) is 0 Å². The van der Waals surface area contributed by atoms with Crippen LogP contribution in [0.3, 0.4) is 0 Å². The minimum Gasteiger partial charge on any atom is -0.481 e. The van der Waals surface area contributed by atoms with E-state index in [-0.39, 0.29) is 0 Å². The van der Waals surface area contributed by atoms with Crippen molar-refractivity contribution in [2.45, 2.75) is 63.6 Å². The number of anilines is 1. The first-order chi connectivity index (χ1) is 13.3. The molecule has 2 fully saturated rings. The summed E-state index contributed by atoms with van der Waals surface area (Å²) in [7, 11) is 1.66. The van der Waals surface area contributed by atoms with Crippen molar-refractivity contribution in [3.8, 4) is 5.88 Å². The lowest BCUT2D eigenvalue weighted by Crippen LogP contribution is -2.46. The standard InChI is InChI=1S/C20H28N6O/c1-27-20-11-19(21-13-22-20)26(14-5-6-14)15-7-9-25(10-8-15)12-18-16-3-2-4-17(16)23-24-18/h11,13-15H,2-10,12H2,1H3,(H,23,24). The number of aromatic nitrogens is 4. The molecule has 1 N–H and O–H groups in total. The predicted molar refractivity (Wildman–Crippen MR) is 103 cm³/mol. The van der Waals surface area contributed by atoms with E-state index in [1.165, 1.54) is 61.9 Å². The van der Waals surface area contributed by atoms with Gasteiger partial charge in [0.25, 0.3) is 0 Å². The zero-order valence-electron chi connectivity index (χ0n) is 16.0. The molecule has 7 heteroatoms.